The Morgan fingerprint density at radius 2 is 2.12 bits per heavy atom. The lowest BCUT2D eigenvalue weighted by atomic mass is 10.1. The highest BCUT2D eigenvalue weighted by atomic mass is 31.2. The fraction of sp³-hybridized carbons (Fsp3) is 0.500. The lowest BCUT2D eigenvalue weighted by molar-refractivity contribution is -0.398. The van der Waals surface area contributed by atoms with Gasteiger partial charge in [0.15, 0.2) is 6.10 Å². The maximum atomic E-state index is 12.2. The van der Waals surface area contributed by atoms with Gasteiger partial charge in [0.1, 0.15) is 12.2 Å². The minimum atomic E-state index is -4.58. The van der Waals surface area contributed by atoms with Crippen molar-refractivity contribution in [2.75, 3.05) is 12.3 Å². The van der Waals surface area contributed by atoms with Crippen LogP contribution in [0.1, 0.15) is 19.1 Å². The van der Waals surface area contributed by atoms with Gasteiger partial charge < -0.3 is 35.3 Å². The van der Waals surface area contributed by atoms with Crippen LogP contribution in [0.4, 0.5) is 11.9 Å². The summed E-state index contributed by atoms with van der Waals surface area (Å²) < 4.78 is 33.2. The summed E-state index contributed by atoms with van der Waals surface area (Å²) in [5.41, 5.74) is 3.77. The van der Waals surface area contributed by atoms with Crippen LogP contribution in [0.3, 0.4) is 0 Å². The van der Waals surface area contributed by atoms with Crippen LogP contribution in [0.25, 0.3) is 11.2 Å². The largest absolute Gasteiger partial charge is 0.481 e. The first-order chi connectivity index (χ1) is 15.5. The number of aliphatic carboxylic acids is 1. The number of ether oxygens (including phenoxy) is 2. The zero-order chi connectivity index (χ0) is 24.1. The molecule has 5 N–H and O–H groups in total. The van der Waals surface area contributed by atoms with Gasteiger partial charge in [0.05, 0.1) is 19.4 Å². The van der Waals surface area contributed by atoms with Gasteiger partial charge in [0.2, 0.25) is 17.8 Å². The molecule has 0 aromatic carbocycles. The number of esters is 1. The first-order valence-corrected chi connectivity index (χ1v) is 10.6. The van der Waals surface area contributed by atoms with Crippen LogP contribution in [0.15, 0.2) is 4.79 Å². The lowest BCUT2D eigenvalue weighted by Crippen LogP contribution is -2.41. The number of imidazole rings is 1. The van der Waals surface area contributed by atoms with Gasteiger partial charge in [-0.1, -0.05) is 4.98 Å². The molecular formula is C14H15N6O12P. The molecule has 18 nitrogen and oxygen atoms in total. The zero-order valence-corrected chi connectivity index (χ0v) is 17.1. The van der Waals surface area contributed by atoms with E-state index in [1.807, 2.05) is 0 Å². The van der Waals surface area contributed by atoms with E-state index in [1.54, 1.807) is 0 Å². The number of nitro groups is 1. The highest BCUT2D eigenvalue weighted by Gasteiger charge is 2.57. The summed E-state index contributed by atoms with van der Waals surface area (Å²) in [7, 11) is -4.58. The van der Waals surface area contributed by atoms with Crippen molar-refractivity contribution in [1.82, 2.24) is 19.5 Å². The predicted molar refractivity (Wildman–Crippen MR) is 101 cm³/mol. The van der Waals surface area contributed by atoms with Crippen molar-refractivity contribution in [1.29, 1.82) is 0 Å². The van der Waals surface area contributed by atoms with Crippen molar-refractivity contribution >= 4 is 42.8 Å². The third kappa shape index (κ3) is 4.29. The minimum Gasteiger partial charge on any atom is -0.481 e. The van der Waals surface area contributed by atoms with Gasteiger partial charge in [0.25, 0.3) is 11.1 Å². The highest BCUT2D eigenvalue weighted by molar-refractivity contribution is 7.47. The van der Waals surface area contributed by atoms with Crippen molar-refractivity contribution in [2.24, 2.45) is 0 Å². The van der Waals surface area contributed by atoms with Gasteiger partial charge in [-0.05, 0) is 4.92 Å². The summed E-state index contributed by atoms with van der Waals surface area (Å²) in [6.45, 7) is -0.505. The Bertz CT molecular complexity index is 1260. The molecule has 0 radical (unpaired) electrons. The van der Waals surface area contributed by atoms with Crippen LogP contribution < -0.4 is 11.3 Å². The molecule has 2 fully saturated rings. The number of carboxylic acid groups (broad SMARTS) is 1. The van der Waals surface area contributed by atoms with Crippen LogP contribution in [0, 0.1) is 10.1 Å². The van der Waals surface area contributed by atoms with Gasteiger partial charge in [0, 0.05) is 0 Å². The number of fused-ring (bicyclic) bond motifs is 2. The molecular weight excluding hydrogens is 475 g/mol. The molecule has 19 heteroatoms. The molecule has 0 saturated carbocycles. The number of nitrogens with two attached hydrogens (primary N) is 1. The lowest BCUT2D eigenvalue weighted by Gasteiger charge is -2.29. The second kappa shape index (κ2) is 8.16. The van der Waals surface area contributed by atoms with E-state index in [1.165, 1.54) is 0 Å². The Hall–Kier alpha value is -3.44. The number of carbonyl (C=O) groups is 2. The quantitative estimate of drug-likeness (QED) is 0.160. The number of aromatic amines is 1. The highest BCUT2D eigenvalue weighted by Crippen LogP contribution is 2.53. The van der Waals surface area contributed by atoms with Gasteiger partial charge in [-0.15, -0.1) is 0 Å². The van der Waals surface area contributed by atoms with Crippen LogP contribution in [0.5, 0.6) is 0 Å². The van der Waals surface area contributed by atoms with Crippen LogP contribution in [-0.2, 0) is 32.7 Å². The summed E-state index contributed by atoms with van der Waals surface area (Å²) in [5.74, 6) is -3.69. The molecule has 178 valence electrons. The van der Waals surface area contributed by atoms with Crippen molar-refractivity contribution < 1.29 is 47.6 Å². The fourth-order valence-corrected chi connectivity index (χ4v) is 4.39. The van der Waals surface area contributed by atoms with Crippen LogP contribution in [-0.4, -0.2) is 71.3 Å². The number of anilines is 1. The van der Waals surface area contributed by atoms with E-state index in [4.69, 9.17) is 24.8 Å². The zero-order valence-electron chi connectivity index (χ0n) is 16.2. The Morgan fingerprint density at radius 3 is 2.79 bits per heavy atom. The molecule has 4 heterocycles. The first kappa shape index (κ1) is 22.7. The number of nitrogens with one attached hydrogen (secondary N) is 1. The molecule has 0 amide bonds. The monoisotopic (exact) mass is 490 g/mol. The Labute approximate surface area is 181 Å². The average molecular weight is 490 g/mol. The van der Waals surface area contributed by atoms with Gasteiger partial charge in [-0.2, -0.15) is 9.55 Å². The summed E-state index contributed by atoms with van der Waals surface area (Å²) in [6, 6.07) is 0. The number of hydrogen-bond acceptors (Lipinski definition) is 13. The molecule has 2 aliphatic heterocycles. The number of carboxylic acids is 1. The van der Waals surface area contributed by atoms with Gasteiger partial charge >= 0.3 is 25.7 Å². The van der Waals surface area contributed by atoms with E-state index in [2.05, 4.69) is 19.5 Å². The number of nitrogens with zero attached hydrogens (tertiary/aromatic N) is 4. The molecule has 1 unspecified atom stereocenters. The van der Waals surface area contributed by atoms with Crippen LogP contribution >= 0.6 is 7.82 Å². The number of carbonyl (C=O) groups excluding carboxylic acids is 1. The summed E-state index contributed by atoms with van der Waals surface area (Å²) >= 11 is 0. The van der Waals surface area contributed by atoms with Crippen LogP contribution in [0.2, 0.25) is 0 Å². The third-order valence-electron chi connectivity index (χ3n) is 4.72. The second-order valence-electron chi connectivity index (χ2n) is 6.91. The van der Waals surface area contributed by atoms with Gasteiger partial charge in [-0.3, -0.25) is 28.4 Å². The molecule has 0 spiro atoms. The molecule has 2 aromatic heterocycles. The Morgan fingerprint density at radius 1 is 1.39 bits per heavy atom. The summed E-state index contributed by atoms with van der Waals surface area (Å²) in [6.07, 6.45) is -6.99. The normalized spacial score (nSPS) is 29.0. The molecule has 4 rings (SSSR count). The molecule has 33 heavy (non-hydrogen) atoms. The number of H-pyrrole nitrogens is 1. The van der Waals surface area contributed by atoms with Gasteiger partial charge in [-0.25, -0.2) is 4.57 Å². The smallest absolute Gasteiger partial charge is 0.472 e. The molecule has 2 aromatic rings. The molecule has 0 bridgehead atoms. The third-order valence-corrected chi connectivity index (χ3v) is 5.71. The van der Waals surface area contributed by atoms with Crippen molar-refractivity contribution in [3.05, 3.63) is 20.5 Å². The van der Waals surface area contributed by atoms with E-state index < -0.39 is 97.3 Å². The number of phosphoric acid groups is 1. The number of nitrogen functional groups attached to an aromatic ring is 1. The van der Waals surface area contributed by atoms with Crippen molar-refractivity contribution in [3.63, 3.8) is 0 Å². The second-order valence-corrected chi connectivity index (χ2v) is 8.32. The van der Waals surface area contributed by atoms with E-state index in [9.17, 15) is 34.0 Å². The Kier molecular flexibility index (Phi) is 5.62. The summed E-state index contributed by atoms with van der Waals surface area (Å²) in [5, 5.41) is 20.4. The van der Waals surface area contributed by atoms with Crippen molar-refractivity contribution in [2.45, 2.75) is 37.4 Å². The standard InChI is InChI=1S/C14H15N6O12P/c15-13-17-10-7(11(24)18-13)16-14(20(25)26)19(10)12-9(31-6(23)2-1-5(21)22)8-4(30-12)3-29-33(27,28)32-8/h4,8-9,12H,1-3H2,(H,21,22)(H,27,28)(H3,15,17,18,24)/t4-,8-,9-,12-/m1/s1. The van der Waals surface area contributed by atoms with E-state index in [0.717, 1.165) is 4.57 Å². The molecule has 2 saturated heterocycles. The maximum Gasteiger partial charge on any atom is 0.472 e. The minimum absolute atomic E-state index is 0.397. The van der Waals surface area contributed by atoms with E-state index in [-0.39, 0.29) is 0 Å². The van der Waals surface area contributed by atoms with E-state index >= 15 is 0 Å². The SMILES string of the molecule is Nc1nc2c(nc([N+](=O)[O-])n2[C@@H]2O[C@@H]3COP(=O)(O)O[C@H]3[C@H]2OC(=O)CCC(=O)O)c(=O)[nH]1. The van der Waals surface area contributed by atoms with E-state index in [0.29, 0.717) is 0 Å². The number of aromatic nitrogens is 4. The number of rotatable bonds is 6. The number of hydrogen-bond donors (Lipinski definition) is 4. The topological polar surface area (TPSA) is 261 Å². The average Bonchev–Trinajstić information content (AvgIpc) is 3.24. The fourth-order valence-electron chi connectivity index (χ4n) is 3.43. The molecule has 5 atom stereocenters. The Balaban J connectivity index is 1.81. The molecule has 2 aliphatic rings. The predicted octanol–water partition coefficient (Wildman–Crippen LogP) is -1.20. The summed E-state index contributed by atoms with van der Waals surface area (Å²) in [4.78, 5) is 65.2. The maximum absolute atomic E-state index is 12.2. The first-order valence-electron chi connectivity index (χ1n) is 9.11. The molecule has 0 aliphatic carbocycles. The van der Waals surface area contributed by atoms with Crippen molar-refractivity contribution in [3.8, 4) is 0 Å². The number of phosphoric ester groups is 1.